The molecule has 0 aromatic heterocycles. The molecule has 0 bridgehead atoms. The normalized spacial score (nSPS) is 11.2. The summed E-state index contributed by atoms with van der Waals surface area (Å²) in [4.78, 5) is 0. The van der Waals surface area contributed by atoms with E-state index in [0.29, 0.717) is 0 Å². The van der Waals surface area contributed by atoms with E-state index in [1.165, 1.54) is 35.2 Å². The standard InChI is InChI=1S/C11H20OSi2/c1-12-10-4-6-11(7-5-10)14-9-3-2-8-13/h4-7H,2-3,8-9,14H2,1,13H3. The molecule has 0 aliphatic heterocycles. The van der Waals surface area contributed by atoms with Gasteiger partial charge < -0.3 is 4.74 Å². The van der Waals surface area contributed by atoms with Gasteiger partial charge in [0, 0.05) is 10.2 Å². The summed E-state index contributed by atoms with van der Waals surface area (Å²) in [5, 5.41) is 1.57. The Labute approximate surface area is 92.1 Å². The third-order valence-corrected chi connectivity index (χ3v) is 5.09. The van der Waals surface area contributed by atoms with Gasteiger partial charge in [0.15, 0.2) is 0 Å². The molecule has 0 fully saturated rings. The molecule has 14 heavy (non-hydrogen) atoms. The van der Waals surface area contributed by atoms with Crippen molar-refractivity contribution < 1.29 is 4.74 Å². The number of benzene rings is 1. The molecule has 0 spiro atoms. The second-order valence-electron chi connectivity index (χ2n) is 3.66. The van der Waals surface area contributed by atoms with Crippen molar-refractivity contribution in [3.05, 3.63) is 24.3 Å². The van der Waals surface area contributed by atoms with Crippen LogP contribution in [0, 0.1) is 0 Å². The summed E-state index contributed by atoms with van der Waals surface area (Å²) in [7, 11) is 3.10. The minimum atomic E-state index is 0.00451. The predicted octanol–water partition coefficient (Wildman–Crippen LogP) is 0.471. The van der Waals surface area contributed by atoms with Gasteiger partial charge in [0.05, 0.1) is 16.6 Å². The summed E-state index contributed by atoms with van der Waals surface area (Å²) in [6.07, 6.45) is 2.90. The highest BCUT2D eigenvalue weighted by atomic mass is 28.2. The molecule has 1 aromatic rings. The largest absolute Gasteiger partial charge is 0.497 e. The first-order valence-electron chi connectivity index (χ1n) is 5.49. The molecular formula is C11H20OSi2. The Bertz CT molecular complexity index is 246. The predicted molar refractivity (Wildman–Crippen MR) is 70.0 cm³/mol. The van der Waals surface area contributed by atoms with Gasteiger partial charge in [-0.1, -0.05) is 42.2 Å². The lowest BCUT2D eigenvalue weighted by atomic mass is 10.3. The van der Waals surface area contributed by atoms with E-state index in [0.717, 1.165) is 5.75 Å². The molecule has 0 atom stereocenters. The number of rotatable bonds is 6. The lowest BCUT2D eigenvalue weighted by Gasteiger charge is -2.02. The van der Waals surface area contributed by atoms with E-state index in [4.69, 9.17) is 4.74 Å². The van der Waals surface area contributed by atoms with E-state index in [2.05, 4.69) is 24.3 Å². The lowest BCUT2D eigenvalue weighted by molar-refractivity contribution is 0.415. The fourth-order valence-corrected chi connectivity index (χ4v) is 3.63. The van der Waals surface area contributed by atoms with Gasteiger partial charge in [-0.15, -0.1) is 0 Å². The smallest absolute Gasteiger partial charge is 0.118 e. The Morgan fingerprint density at radius 3 is 2.50 bits per heavy atom. The van der Waals surface area contributed by atoms with Crippen molar-refractivity contribution in [1.82, 2.24) is 0 Å². The van der Waals surface area contributed by atoms with Crippen LogP contribution in [-0.4, -0.2) is 26.9 Å². The zero-order valence-corrected chi connectivity index (χ0v) is 12.7. The molecule has 0 N–H and O–H groups in total. The van der Waals surface area contributed by atoms with Crippen LogP contribution in [-0.2, 0) is 0 Å². The molecule has 1 aromatic carbocycles. The number of methoxy groups -OCH3 is 1. The number of hydrogen-bond donors (Lipinski definition) is 0. The minimum absolute atomic E-state index is 0.00451. The van der Waals surface area contributed by atoms with Crippen LogP contribution in [0.3, 0.4) is 0 Å². The van der Waals surface area contributed by atoms with Crippen LogP contribution in [0.1, 0.15) is 12.8 Å². The molecule has 0 saturated carbocycles. The third kappa shape index (κ3) is 4.11. The van der Waals surface area contributed by atoms with E-state index in [9.17, 15) is 0 Å². The first-order valence-corrected chi connectivity index (χ1v) is 8.62. The van der Waals surface area contributed by atoms with Gasteiger partial charge in [0.2, 0.25) is 0 Å². The molecule has 3 heteroatoms. The van der Waals surface area contributed by atoms with Gasteiger partial charge in [-0.25, -0.2) is 0 Å². The summed E-state index contributed by atoms with van der Waals surface area (Å²) < 4.78 is 5.13. The monoisotopic (exact) mass is 224 g/mol. The molecule has 0 amide bonds. The van der Waals surface area contributed by atoms with E-state index in [1.54, 1.807) is 12.3 Å². The molecule has 0 aliphatic carbocycles. The summed E-state index contributed by atoms with van der Waals surface area (Å²) in [5.74, 6) is 0.974. The maximum Gasteiger partial charge on any atom is 0.118 e. The van der Waals surface area contributed by atoms with Crippen LogP contribution < -0.4 is 9.92 Å². The van der Waals surface area contributed by atoms with Gasteiger partial charge in [0.25, 0.3) is 0 Å². The minimum Gasteiger partial charge on any atom is -0.497 e. The molecule has 1 rings (SSSR count). The zero-order chi connectivity index (χ0) is 10.2. The summed E-state index contributed by atoms with van der Waals surface area (Å²) in [5.41, 5.74) is 0. The Morgan fingerprint density at radius 1 is 1.21 bits per heavy atom. The van der Waals surface area contributed by atoms with Gasteiger partial charge in [0.1, 0.15) is 5.75 Å². The van der Waals surface area contributed by atoms with Gasteiger partial charge in [-0.2, -0.15) is 0 Å². The molecular weight excluding hydrogens is 204 g/mol. The van der Waals surface area contributed by atoms with Crippen LogP contribution in [0.25, 0.3) is 0 Å². The molecule has 0 radical (unpaired) electrons. The van der Waals surface area contributed by atoms with Crippen molar-refractivity contribution in [2.75, 3.05) is 7.11 Å². The maximum atomic E-state index is 5.13. The molecule has 1 nitrogen and oxygen atoms in total. The van der Waals surface area contributed by atoms with Crippen molar-refractivity contribution >= 4 is 24.9 Å². The SMILES string of the molecule is COc1ccc([SiH2]CCCC[SiH3])cc1. The number of hydrogen-bond acceptors (Lipinski definition) is 1. The van der Waals surface area contributed by atoms with E-state index in [-0.39, 0.29) is 9.52 Å². The molecule has 0 unspecified atom stereocenters. The van der Waals surface area contributed by atoms with Crippen LogP contribution in [0.2, 0.25) is 12.1 Å². The second kappa shape index (κ2) is 6.84. The molecule has 0 heterocycles. The quantitative estimate of drug-likeness (QED) is 0.504. The fourth-order valence-electron chi connectivity index (χ4n) is 1.55. The lowest BCUT2D eigenvalue weighted by Crippen LogP contribution is -2.12. The Kier molecular flexibility index (Phi) is 5.63. The molecule has 0 saturated heterocycles. The highest BCUT2D eigenvalue weighted by Crippen LogP contribution is 2.06. The van der Waals surface area contributed by atoms with E-state index in [1.807, 2.05) is 0 Å². The molecule has 0 aliphatic rings. The van der Waals surface area contributed by atoms with Crippen molar-refractivity contribution in [1.29, 1.82) is 0 Å². The van der Waals surface area contributed by atoms with Gasteiger partial charge in [-0.3, -0.25) is 0 Å². The maximum absolute atomic E-state index is 5.13. The average molecular weight is 224 g/mol. The van der Waals surface area contributed by atoms with Gasteiger partial charge >= 0.3 is 0 Å². The zero-order valence-electron chi connectivity index (χ0n) is 9.25. The highest BCUT2D eigenvalue weighted by molar-refractivity contribution is 6.53. The van der Waals surface area contributed by atoms with Crippen LogP contribution in [0.15, 0.2) is 24.3 Å². The molecule has 78 valence electrons. The van der Waals surface area contributed by atoms with Crippen molar-refractivity contribution in [2.45, 2.75) is 24.9 Å². The Hall–Kier alpha value is -0.546. The third-order valence-electron chi connectivity index (χ3n) is 2.48. The van der Waals surface area contributed by atoms with E-state index >= 15 is 0 Å². The van der Waals surface area contributed by atoms with Crippen LogP contribution in [0.5, 0.6) is 5.75 Å². The fraction of sp³-hybridized carbons (Fsp3) is 0.455. The average Bonchev–Trinajstić information content (AvgIpc) is 2.25. The van der Waals surface area contributed by atoms with Crippen molar-refractivity contribution in [3.63, 3.8) is 0 Å². The summed E-state index contributed by atoms with van der Waals surface area (Å²) in [6.45, 7) is 0. The van der Waals surface area contributed by atoms with Crippen LogP contribution in [0.4, 0.5) is 0 Å². The summed E-state index contributed by atoms with van der Waals surface area (Å²) in [6, 6.07) is 11.5. The highest BCUT2D eigenvalue weighted by Gasteiger charge is 1.95. The first kappa shape index (κ1) is 11.5. The number of ether oxygens (including phenoxy) is 1. The Morgan fingerprint density at radius 2 is 1.93 bits per heavy atom. The van der Waals surface area contributed by atoms with Gasteiger partial charge in [-0.05, 0) is 12.1 Å². The number of unbranched alkanes of at least 4 members (excludes halogenated alkanes) is 1. The van der Waals surface area contributed by atoms with Crippen molar-refractivity contribution in [3.8, 4) is 5.75 Å². The first-order chi connectivity index (χ1) is 6.86. The van der Waals surface area contributed by atoms with Crippen molar-refractivity contribution in [2.24, 2.45) is 0 Å². The van der Waals surface area contributed by atoms with Crippen LogP contribution >= 0.6 is 0 Å². The summed E-state index contributed by atoms with van der Waals surface area (Å²) >= 11 is 0. The topological polar surface area (TPSA) is 9.23 Å². The van der Waals surface area contributed by atoms with E-state index < -0.39 is 0 Å². The second-order valence-corrected chi connectivity index (χ2v) is 6.68. The Balaban J connectivity index is 2.29.